The molecule has 4 heterocycles. The second-order valence-corrected chi connectivity index (χ2v) is 10.5. The first-order valence-electron chi connectivity index (χ1n) is 13.4. The Balaban J connectivity index is 1.07. The highest BCUT2D eigenvalue weighted by atomic mass is 16.5. The van der Waals surface area contributed by atoms with Crippen LogP contribution < -0.4 is 15.4 Å². The Morgan fingerprint density at radius 1 is 1.14 bits per heavy atom. The zero-order valence-corrected chi connectivity index (χ0v) is 21.0. The van der Waals surface area contributed by atoms with Gasteiger partial charge in [0, 0.05) is 55.0 Å². The van der Waals surface area contributed by atoms with Crippen molar-refractivity contribution in [1.82, 2.24) is 15.1 Å². The predicted molar refractivity (Wildman–Crippen MR) is 138 cm³/mol. The largest absolute Gasteiger partial charge is 0.488 e. The van der Waals surface area contributed by atoms with E-state index in [9.17, 15) is 4.79 Å². The minimum absolute atomic E-state index is 0.0957. The van der Waals surface area contributed by atoms with E-state index in [1.807, 2.05) is 24.3 Å². The zero-order valence-electron chi connectivity index (χ0n) is 21.0. The van der Waals surface area contributed by atoms with Crippen molar-refractivity contribution in [3.05, 3.63) is 47.9 Å². The summed E-state index contributed by atoms with van der Waals surface area (Å²) in [6.07, 6.45) is 11.5. The number of anilines is 1. The minimum atomic E-state index is -0.246. The molecule has 2 aromatic rings. The van der Waals surface area contributed by atoms with Crippen molar-refractivity contribution in [2.24, 2.45) is 0 Å². The lowest BCUT2D eigenvalue weighted by Crippen LogP contribution is -2.51. The molecule has 2 atom stereocenters. The number of furan rings is 1. The molecular formula is C28H40N4O3. The van der Waals surface area contributed by atoms with Gasteiger partial charge in [0.2, 0.25) is 5.91 Å². The molecule has 190 valence electrons. The van der Waals surface area contributed by atoms with E-state index in [0.29, 0.717) is 19.1 Å². The van der Waals surface area contributed by atoms with Crippen LogP contribution in [-0.4, -0.2) is 66.6 Å². The van der Waals surface area contributed by atoms with Crippen LogP contribution in [0.15, 0.2) is 41.2 Å². The first-order valence-corrected chi connectivity index (χ1v) is 13.4. The summed E-state index contributed by atoms with van der Waals surface area (Å²) >= 11 is 0. The maximum Gasteiger partial charge on any atom is 0.243 e. The molecule has 1 aromatic heterocycles. The SMILES string of the molecule is C[C@@H](CN1CCC(NC(=O)C2Cc3c(cccc3OCc3ccoc3)N2)CC1)N1CCCCCC1. The highest BCUT2D eigenvalue weighted by molar-refractivity contribution is 5.88. The lowest BCUT2D eigenvalue weighted by molar-refractivity contribution is -0.122. The van der Waals surface area contributed by atoms with Crippen LogP contribution in [0.25, 0.3) is 0 Å². The Morgan fingerprint density at radius 3 is 2.69 bits per heavy atom. The average Bonchev–Trinajstić information content (AvgIpc) is 3.47. The van der Waals surface area contributed by atoms with Gasteiger partial charge in [-0.05, 0) is 63.9 Å². The molecule has 3 aliphatic rings. The number of benzene rings is 1. The molecule has 35 heavy (non-hydrogen) atoms. The first-order chi connectivity index (χ1) is 17.2. The third kappa shape index (κ3) is 6.19. The highest BCUT2D eigenvalue weighted by Crippen LogP contribution is 2.34. The molecule has 2 N–H and O–H groups in total. The third-order valence-electron chi connectivity index (χ3n) is 7.88. The molecule has 0 radical (unpaired) electrons. The summed E-state index contributed by atoms with van der Waals surface area (Å²) in [5.41, 5.74) is 3.07. The molecule has 7 heteroatoms. The van der Waals surface area contributed by atoms with Gasteiger partial charge in [-0.3, -0.25) is 9.69 Å². The van der Waals surface area contributed by atoms with Gasteiger partial charge in [-0.1, -0.05) is 18.9 Å². The Labute approximate surface area is 209 Å². The molecule has 3 aliphatic heterocycles. The third-order valence-corrected chi connectivity index (χ3v) is 7.88. The van der Waals surface area contributed by atoms with Crippen LogP contribution >= 0.6 is 0 Å². The van der Waals surface area contributed by atoms with E-state index < -0.39 is 0 Å². The van der Waals surface area contributed by atoms with Crippen LogP contribution in [0.5, 0.6) is 5.75 Å². The number of piperidine rings is 1. The van der Waals surface area contributed by atoms with Crippen molar-refractivity contribution in [1.29, 1.82) is 0 Å². The second kappa shape index (κ2) is 11.5. The van der Waals surface area contributed by atoms with E-state index in [1.54, 1.807) is 12.5 Å². The molecule has 2 fully saturated rings. The van der Waals surface area contributed by atoms with Crippen molar-refractivity contribution in [2.75, 3.05) is 38.0 Å². The quantitative estimate of drug-likeness (QED) is 0.594. The molecule has 5 rings (SSSR count). The standard InChI is InChI=1S/C28H40N4O3/c1-21(32-12-4-2-3-5-13-32)18-31-14-9-23(10-15-31)29-28(33)26-17-24-25(30-26)7-6-8-27(24)35-20-22-11-16-34-19-22/h6-8,11,16,19,21,23,26,30H,2-5,9-10,12-15,17-18,20H2,1H3,(H,29,33)/t21-,26?/m0/s1. The lowest BCUT2D eigenvalue weighted by Gasteiger charge is -2.37. The Morgan fingerprint density at radius 2 is 1.94 bits per heavy atom. The number of ether oxygens (including phenoxy) is 1. The monoisotopic (exact) mass is 480 g/mol. The fourth-order valence-corrected chi connectivity index (χ4v) is 5.77. The van der Waals surface area contributed by atoms with E-state index in [2.05, 4.69) is 27.4 Å². The van der Waals surface area contributed by atoms with Crippen LogP contribution in [0.1, 0.15) is 56.6 Å². The number of carbonyl (C=O) groups is 1. The molecule has 0 saturated carbocycles. The maximum absolute atomic E-state index is 13.1. The van der Waals surface area contributed by atoms with Gasteiger partial charge in [0.15, 0.2) is 0 Å². The van der Waals surface area contributed by atoms with E-state index in [-0.39, 0.29) is 18.0 Å². The van der Waals surface area contributed by atoms with Crippen LogP contribution in [0.3, 0.4) is 0 Å². The van der Waals surface area contributed by atoms with Gasteiger partial charge in [0.1, 0.15) is 18.4 Å². The molecule has 7 nitrogen and oxygen atoms in total. The maximum atomic E-state index is 13.1. The average molecular weight is 481 g/mol. The van der Waals surface area contributed by atoms with Crippen molar-refractivity contribution >= 4 is 11.6 Å². The van der Waals surface area contributed by atoms with E-state index in [4.69, 9.17) is 9.15 Å². The van der Waals surface area contributed by atoms with Crippen LogP contribution in [0.2, 0.25) is 0 Å². The number of nitrogens with zero attached hydrogens (tertiary/aromatic N) is 2. The Kier molecular flexibility index (Phi) is 7.94. The van der Waals surface area contributed by atoms with Crippen LogP contribution in [-0.2, 0) is 17.8 Å². The minimum Gasteiger partial charge on any atom is -0.488 e. The summed E-state index contributed by atoms with van der Waals surface area (Å²) in [4.78, 5) is 18.4. The Hall–Kier alpha value is -2.51. The van der Waals surface area contributed by atoms with E-state index in [1.165, 1.54) is 38.8 Å². The molecule has 0 spiro atoms. The van der Waals surface area contributed by atoms with Gasteiger partial charge >= 0.3 is 0 Å². The molecular weight excluding hydrogens is 440 g/mol. The molecule has 0 bridgehead atoms. The summed E-state index contributed by atoms with van der Waals surface area (Å²) in [6, 6.07) is 8.50. The van der Waals surface area contributed by atoms with Crippen molar-refractivity contribution in [3.63, 3.8) is 0 Å². The van der Waals surface area contributed by atoms with Gasteiger partial charge in [-0.2, -0.15) is 0 Å². The first kappa shape index (κ1) is 24.2. The summed E-state index contributed by atoms with van der Waals surface area (Å²) in [5.74, 6) is 0.928. The molecule has 1 aromatic carbocycles. The second-order valence-electron chi connectivity index (χ2n) is 10.5. The summed E-state index contributed by atoms with van der Waals surface area (Å²) < 4.78 is 11.1. The van der Waals surface area contributed by atoms with E-state index in [0.717, 1.165) is 55.0 Å². The van der Waals surface area contributed by atoms with Crippen molar-refractivity contribution in [3.8, 4) is 5.75 Å². The number of carbonyl (C=O) groups excluding carboxylic acids is 1. The smallest absolute Gasteiger partial charge is 0.243 e. The number of likely N-dealkylation sites (tertiary alicyclic amines) is 2. The molecule has 2 saturated heterocycles. The van der Waals surface area contributed by atoms with Gasteiger partial charge in [0.25, 0.3) is 0 Å². The summed E-state index contributed by atoms with van der Waals surface area (Å²) in [5, 5.41) is 6.73. The normalized spacial score (nSPS) is 22.7. The molecule has 1 amide bonds. The zero-order chi connectivity index (χ0) is 24.0. The highest BCUT2D eigenvalue weighted by Gasteiger charge is 2.31. The molecule has 1 unspecified atom stereocenters. The van der Waals surface area contributed by atoms with Gasteiger partial charge in [-0.25, -0.2) is 0 Å². The lowest BCUT2D eigenvalue weighted by atomic mass is 10.0. The van der Waals surface area contributed by atoms with E-state index >= 15 is 0 Å². The van der Waals surface area contributed by atoms with Crippen LogP contribution in [0, 0.1) is 0 Å². The Bertz CT molecular complexity index is 947. The van der Waals surface area contributed by atoms with Gasteiger partial charge in [0.05, 0.1) is 12.5 Å². The van der Waals surface area contributed by atoms with Crippen molar-refractivity contribution < 1.29 is 13.9 Å². The summed E-state index contributed by atoms with van der Waals surface area (Å²) in [6.45, 7) is 8.61. The number of nitrogens with one attached hydrogen (secondary N) is 2. The predicted octanol–water partition coefficient (Wildman–Crippen LogP) is 4.04. The number of fused-ring (bicyclic) bond motifs is 1. The topological polar surface area (TPSA) is 70.0 Å². The van der Waals surface area contributed by atoms with Gasteiger partial charge < -0.3 is 24.7 Å². The van der Waals surface area contributed by atoms with Crippen LogP contribution in [0.4, 0.5) is 5.69 Å². The number of hydrogen-bond acceptors (Lipinski definition) is 6. The van der Waals surface area contributed by atoms with Crippen molar-refractivity contribution in [2.45, 2.75) is 76.6 Å². The summed E-state index contributed by atoms with van der Waals surface area (Å²) in [7, 11) is 0. The molecule has 0 aliphatic carbocycles. The fourth-order valence-electron chi connectivity index (χ4n) is 5.77. The number of amides is 1. The fraction of sp³-hybridized carbons (Fsp3) is 0.607. The number of rotatable bonds is 8. The van der Waals surface area contributed by atoms with Gasteiger partial charge in [-0.15, -0.1) is 0 Å². The number of hydrogen-bond donors (Lipinski definition) is 2.